The van der Waals surface area contributed by atoms with Gasteiger partial charge in [-0.2, -0.15) is 0 Å². The number of carbonyl (C=O) groups is 1. The van der Waals surface area contributed by atoms with Crippen molar-refractivity contribution in [3.8, 4) is 29.6 Å². The van der Waals surface area contributed by atoms with Crippen molar-refractivity contribution in [2.45, 2.75) is 0 Å². The quantitative estimate of drug-likeness (QED) is 0.526. The lowest BCUT2D eigenvalue weighted by Gasteiger charge is -2.06. The van der Waals surface area contributed by atoms with E-state index in [9.17, 15) is 4.79 Å². The van der Waals surface area contributed by atoms with E-state index >= 15 is 0 Å². The van der Waals surface area contributed by atoms with E-state index in [1.54, 1.807) is 24.3 Å². The molecule has 0 aliphatic heterocycles. The summed E-state index contributed by atoms with van der Waals surface area (Å²) in [6.07, 6.45) is 5.08. The van der Waals surface area contributed by atoms with Crippen LogP contribution in [-0.4, -0.2) is 17.7 Å². The molecule has 1 N–H and O–H groups in total. The maximum atomic E-state index is 11.9. The summed E-state index contributed by atoms with van der Waals surface area (Å²) in [6, 6.07) is 12.4. The number of carbonyl (C=O) groups excluding carboxylic acids is 1. The van der Waals surface area contributed by atoms with Crippen molar-refractivity contribution < 1.29 is 19.4 Å². The lowest BCUT2D eigenvalue weighted by Crippen LogP contribution is -2.08. The standard InChI is InChI=1S/C16H12O4/c1-2-11-19-14-7-3-12(4-8-14)16(18)20-15-9-5-13(17)6-10-15/h1,3-10,17H,11H2. The molecule has 4 heteroatoms. The fourth-order valence-electron chi connectivity index (χ4n) is 1.49. The topological polar surface area (TPSA) is 55.8 Å². The molecule has 0 aliphatic rings. The summed E-state index contributed by atoms with van der Waals surface area (Å²) in [4.78, 5) is 11.9. The number of rotatable bonds is 4. The third-order valence-corrected chi connectivity index (χ3v) is 2.46. The van der Waals surface area contributed by atoms with Crippen LogP contribution in [0.15, 0.2) is 48.5 Å². The van der Waals surface area contributed by atoms with Crippen molar-refractivity contribution in [1.82, 2.24) is 0 Å². The van der Waals surface area contributed by atoms with Crippen LogP contribution in [0, 0.1) is 12.3 Å². The van der Waals surface area contributed by atoms with E-state index in [0.717, 1.165) is 0 Å². The van der Waals surface area contributed by atoms with Gasteiger partial charge >= 0.3 is 5.97 Å². The smallest absolute Gasteiger partial charge is 0.343 e. The SMILES string of the molecule is C#CCOc1ccc(C(=O)Oc2ccc(O)cc2)cc1. The van der Waals surface area contributed by atoms with Gasteiger partial charge in [-0.3, -0.25) is 0 Å². The summed E-state index contributed by atoms with van der Waals surface area (Å²) < 4.78 is 10.4. The Balaban J connectivity index is 2.02. The third-order valence-electron chi connectivity index (χ3n) is 2.46. The molecule has 4 nitrogen and oxygen atoms in total. The van der Waals surface area contributed by atoms with Crippen molar-refractivity contribution in [3.63, 3.8) is 0 Å². The van der Waals surface area contributed by atoms with Gasteiger partial charge in [-0.15, -0.1) is 6.42 Å². The van der Waals surface area contributed by atoms with Crippen molar-refractivity contribution in [2.75, 3.05) is 6.61 Å². The first-order valence-corrected chi connectivity index (χ1v) is 5.86. The van der Waals surface area contributed by atoms with Gasteiger partial charge in [0.25, 0.3) is 0 Å². The molecule has 0 unspecified atom stereocenters. The molecular formula is C16H12O4. The maximum absolute atomic E-state index is 11.9. The first-order valence-electron chi connectivity index (χ1n) is 5.86. The van der Waals surface area contributed by atoms with Crippen molar-refractivity contribution in [2.24, 2.45) is 0 Å². The van der Waals surface area contributed by atoms with Gasteiger partial charge in [0.15, 0.2) is 0 Å². The van der Waals surface area contributed by atoms with Gasteiger partial charge in [0, 0.05) is 0 Å². The van der Waals surface area contributed by atoms with Crippen molar-refractivity contribution in [3.05, 3.63) is 54.1 Å². The molecule has 2 aromatic carbocycles. The molecular weight excluding hydrogens is 256 g/mol. The summed E-state index contributed by atoms with van der Waals surface area (Å²) in [5.74, 6) is 2.93. The van der Waals surface area contributed by atoms with Crippen LogP contribution < -0.4 is 9.47 Å². The first-order chi connectivity index (χ1) is 9.69. The molecule has 0 amide bonds. The van der Waals surface area contributed by atoms with Gasteiger partial charge in [0.2, 0.25) is 0 Å². The zero-order chi connectivity index (χ0) is 14.4. The van der Waals surface area contributed by atoms with E-state index in [0.29, 0.717) is 17.1 Å². The van der Waals surface area contributed by atoms with Gasteiger partial charge < -0.3 is 14.6 Å². The number of aromatic hydroxyl groups is 1. The molecule has 2 rings (SSSR count). The number of hydrogen-bond donors (Lipinski definition) is 1. The first kappa shape index (κ1) is 13.5. The van der Waals surface area contributed by atoms with Crippen LogP contribution in [0.3, 0.4) is 0 Å². The lowest BCUT2D eigenvalue weighted by molar-refractivity contribution is 0.0734. The molecule has 2 aromatic rings. The van der Waals surface area contributed by atoms with E-state index in [-0.39, 0.29) is 12.4 Å². The number of phenolic OH excluding ortho intramolecular Hbond substituents is 1. The second kappa shape index (κ2) is 6.30. The Hall–Kier alpha value is -2.93. The highest BCUT2D eigenvalue weighted by molar-refractivity contribution is 5.91. The Morgan fingerprint density at radius 2 is 1.65 bits per heavy atom. The fraction of sp³-hybridized carbons (Fsp3) is 0.0625. The molecule has 0 atom stereocenters. The van der Waals surface area contributed by atoms with Gasteiger partial charge in [-0.05, 0) is 48.5 Å². The molecule has 0 aliphatic carbocycles. The number of hydrogen-bond acceptors (Lipinski definition) is 4. The number of phenols is 1. The van der Waals surface area contributed by atoms with Gasteiger partial charge in [-0.25, -0.2) is 4.79 Å². The van der Waals surface area contributed by atoms with Crippen LogP contribution in [0.2, 0.25) is 0 Å². The number of ether oxygens (including phenoxy) is 2. The van der Waals surface area contributed by atoms with E-state index < -0.39 is 5.97 Å². The minimum atomic E-state index is -0.487. The number of esters is 1. The maximum Gasteiger partial charge on any atom is 0.343 e. The van der Waals surface area contributed by atoms with Gasteiger partial charge in [-0.1, -0.05) is 5.92 Å². The number of terminal acetylenes is 1. The molecule has 0 heterocycles. The predicted octanol–water partition coefficient (Wildman–Crippen LogP) is 2.62. The zero-order valence-corrected chi connectivity index (χ0v) is 10.6. The Morgan fingerprint density at radius 1 is 1.05 bits per heavy atom. The largest absolute Gasteiger partial charge is 0.508 e. The van der Waals surface area contributed by atoms with Crippen LogP contribution in [0.4, 0.5) is 0 Å². The second-order valence-electron chi connectivity index (χ2n) is 3.90. The average Bonchev–Trinajstić information content (AvgIpc) is 2.48. The Morgan fingerprint density at radius 3 is 2.25 bits per heavy atom. The fourth-order valence-corrected chi connectivity index (χ4v) is 1.49. The van der Waals surface area contributed by atoms with Crippen LogP contribution in [0.1, 0.15) is 10.4 Å². The molecule has 20 heavy (non-hydrogen) atoms. The summed E-state index contributed by atoms with van der Waals surface area (Å²) in [7, 11) is 0. The second-order valence-corrected chi connectivity index (χ2v) is 3.90. The highest BCUT2D eigenvalue weighted by Crippen LogP contribution is 2.18. The van der Waals surface area contributed by atoms with E-state index in [4.69, 9.17) is 21.0 Å². The summed E-state index contributed by atoms with van der Waals surface area (Å²) in [5, 5.41) is 9.14. The molecule has 100 valence electrons. The van der Waals surface area contributed by atoms with E-state index in [1.165, 1.54) is 24.3 Å². The Bertz CT molecular complexity index is 621. The van der Waals surface area contributed by atoms with Gasteiger partial charge in [0.1, 0.15) is 23.9 Å². The summed E-state index contributed by atoms with van der Waals surface area (Å²) in [6.45, 7) is 0.178. The molecule has 0 bridgehead atoms. The van der Waals surface area contributed by atoms with Crippen LogP contribution in [0.25, 0.3) is 0 Å². The molecule has 0 saturated carbocycles. The summed E-state index contributed by atoms with van der Waals surface area (Å²) >= 11 is 0. The highest BCUT2D eigenvalue weighted by atomic mass is 16.5. The van der Waals surface area contributed by atoms with Crippen molar-refractivity contribution >= 4 is 5.97 Å². The minimum absolute atomic E-state index is 0.111. The summed E-state index contributed by atoms with van der Waals surface area (Å²) in [5.41, 5.74) is 0.395. The van der Waals surface area contributed by atoms with Crippen LogP contribution in [0.5, 0.6) is 17.2 Å². The zero-order valence-electron chi connectivity index (χ0n) is 10.6. The minimum Gasteiger partial charge on any atom is -0.508 e. The van der Waals surface area contributed by atoms with E-state index in [1.807, 2.05) is 0 Å². The predicted molar refractivity (Wildman–Crippen MR) is 73.8 cm³/mol. The van der Waals surface area contributed by atoms with Crippen LogP contribution in [-0.2, 0) is 0 Å². The highest BCUT2D eigenvalue weighted by Gasteiger charge is 2.08. The Kier molecular flexibility index (Phi) is 4.25. The molecule has 0 fully saturated rings. The third kappa shape index (κ3) is 3.53. The van der Waals surface area contributed by atoms with E-state index in [2.05, 4.69) is 5.92 Å². The lowest BCUT2D eigenvalue weighted by atomic mass is 10.2. The van der Waals surface area contributed by atoms with Crippen LogP contribution >= 0.6 is 0 Å². The molecule has 0 saturated heterocycles. The number of benzene rings is 2. The molecule has 0 aromatic heterocycles. The normalized spacial score (nSPS) is 9.55. The average molecular weight is 268 g/mol. The molecule has 0 spiro atoms. The monoisotopic (exact) mass is 268 g/mol. The van der Waals surface area contributed by atoms with Gasteiger partial charge in [0.05, 0.1) is 5.56 Å². The molecule has 0 radical (unpaired) electrons. The Labute approximate surface area is 116 Å². The van der Waals surface area contributed by atoms with Crippen molar-refractivity contribution in [1.29, 1.82) is 0 Å².